The number of rotatable bonds is 2. The van der Waals surface area contributed by atoms with Crippen LogP contribution in [0.15, 0.2) is 22.7 Å². The molecule has 0 amide bonds. The van der Waals surface area contributed by atoms with Gasteiger partial charge in [-0.25, -0.2) is 4.39 Å². The lowest BCUT2D eigenvalue weighted by molar-refractivity contribution is 0.612. The van der Waals surface area contributed by atoms with E-state index in [4.69, 9.17) is 23.2 Å². The van der Waals surface area contributed by atoms with Crippen molar-refractivity contribution in [2.45, 2.75) is 17.6 Å². The van der Waals surface area contributed by atoms with Crippen molar-refractivity contribution in [2.75, 3.05) is 5.75 Å². The lowest BCUT2D eigenvalue weighted by atomic mass is 10.1. The summed E-state index contributed by atoms with van der Waals surface area (Å²) in [6, 6.07) is 5.09. The summed E-state index contributed by atoms with van der Waals surface area (Å²) in [5.41, 5.74) is 1.78. The van der Waals surface area contributed by atoms with Gasteiger partial charge in [0.25, 0.3) is 0 Å². The van der Waals surface area contributed by atoms with Crippen LogP contribution in [0.5, 0.6) is 0 Å². The monoisotopic (exact) mass is 410 g/mol. The Morgan fingerprint density at radius 1 is 1.30 bits per heavy atom. The molecule has 1 aliphatic heterocycles. The average Bonchev–Trinajstić information content (AvgIpc) is 2.86. The van der Waals surface area contributed by atoms with Crippen LogP contribution in [-0.2, 0) is 12.2 Å². The lowest BCUT2D eigenvalue weighted by Gasteiger charge is -2.10. The fourth-order valence-corrected chi connectivity index (χ4v) is 5.41. The molecule has 20 heavy (non-hydrogen) atoms. The smallest absolute Gasteiger partial charge is 0.129 e. The number of thiophene rings is 1. The van der Waals surface area contributed by atoms with E-state index in [-0.39, 0.29) is 5.82 Å². The summed E-state index contributed by atoms with van der Waals surface area (Å²) < 4.78 is 14.6. The first-order valence-electron chi connectivity index (χ1n) is 6.04. The Hall–Kier alpha value is 0.260. The van der Waals surface area contributed by atoms with E-state index in [1.54, 1.807) is 17.4 Å². The molecule has 106 valence electrons. The molecule has 0 bridgehead atoms. The van der Waals surface area contributed by atoms with Gasteiger partial charge in [0.05, 0.1) is 10.4 Å². The predicted octanol–water partition coefficient (Wildman–Crippen LogP) is 6.42. The molecule has 1 unspecified atom stereocenters. The van der Waals surface area contributed by atoms with Gasteiger partial charge >= 0.3 is 0 Å². The number of thioether (sulfide) groups is 1. The minimum atomic E-state index is -0.485. The maximum absolute atomic E-state index is 14.1. The third-order valence-electron chi connectivity index (χ3n) is 3.21. The maximum Gasteiger partial charge on any atom is 0.129 e. The number of hydrogen-bond donors (Lipinski definition) is 0. The van der Waals surface area contributed by atoms with Crippen LogP contribution >= 0.6 is 62.2 Å². The van der Waals surface area contributed by atoms with Gasteiger partial charge < -0.3 is 0 Å². The third-order valence-corrected chi connectivity index (χ3v) is 7.32. The number of benzene rings is 1. The van der Waals surface area contributed by atoms with Crippen LogP contribution in [-0.4, -0.2) is 5.75 Å². The SMILES string of the molecule is Fc1cc(Br)c(Cl)cc1C(Cl)c1cc2c(s1)CCSC2. The molecule has 0 saturated heterocycles. The zero-order valence-corrected chi connectivity index (χ0v) is 15.0. The summed E-state index contributed by atoms with van der Waals surface area (Å²) >= 11 is 19.4. The summed E-state index contributed by atoms with van der Waals surface area (Å²) in [4.78, 5) is 2.38. The van der Waals surface area contributed by atoms with Crippen LogP contribution < -0.4 is 0 Å². The van der Waals surface area contributed by atoms with Gasteiger partial charge in [-0.05, 0) is 51.9 Å². The van der Waals surface area contributed by atoms with Crippen molar-refractivity contribution in [3.05, 3.63) is 54.4 Å². The first-order valence-corrected chi connectivity index (χ1v) is 9.62. The number of aryl methyl sites for hydroxylation is 1. The summed E-state index contributed by atoms with van der Waals surface area (Å²) in [6.07, 6.45) is 1.08. The summed E-state index contributed by atoms with van der Waals surface area (Å²) in [5, 5.41) is -0.00914. The molecular weight excluding hydrogens is 402 g/mol. The molecule has 0 saturated carbocycles. The van der Waals surface area contributed by atoms with E-state index in [1.165, 1.54) is 16.5 Å². The Kier molecular flexibility index (Phi) is 4.68. The van der Waals surface area contributed by atoms with E-state index in [2.05, 4.69) is 22.0 Å². The van der Waals surface area contributed by atoms with Crippen molar-refractivity contribution < 1.29 is 4.39 Å². The largest absolute Gasteiger partial charge is 0.207 e. The highest BCUT2D eigenvalue weighted by molar-refractivity contribution is 9.10. The van der Waals surface area contributed by atoms with Crippen molar-refractivity contribution in [1.29, 1.82) is 0 Å². The Labute approximate surface area is 143 Å². The van der Waals surface area contributed by atoms with Crippen LogP contribution in [0.2, 0.25) is 5.02 Å². The van der Waals surface area contributed by atoms with Crippen molar-refractivity contribution in [1.82, 2.24) is 0 Å². The normalized spacial score (nSPS) is 16.0. The maximum atomic E-state index is 14.1. The molecule has 1 aliphatic rings. The minimum absolute atomic E-state index is 0.331. The molecule has 0 radical (unpaired) electrons. The molecule has 1 aromatic heterocycles. The van der Waals surface area contributed by atoms with Crippen molar-refractivity contribution in [3.63, 3.8) is 0 Å². The van der Waals surface area contributed by atoms with Gasteiger partial charge in [0.1, 0.15) is 5.82 Å². The van der Waals surface area contributed by atoms with E-state index >= 15 is 0 Å². The summed E-state index contributed by atoms with van der Waals surface area (Å²) in [5.74, 6) is 1.85. The standard InChI is InChI=1S/C14H10BrCl2FS2/c15-9-5-11(18)8(4-10(9)16)14(17)13-3-7-6-19-2-1-12(7)20-13/h3-5,14H,1-2,6H2. The van der Waals surface area contributed by atoms with Crippen LogP contribution in [0.25, 0.3) is 0 Å². The molecule has 0 fully saturated rings. The fraction of sp³-hybridized carbons (Fsp3) is 0.286. The van der Waals surface area contributed by atoms with Crippen LogP contribution in [0.4, 0.5) is 4.39 Å². The number of hydrogen-bond acceptors (Lipinski definition) is 2. The minimum Gasteiger partial charge on any atom is -0.207 e. The zero-order valence-electron chi connectivity index (χ0n) is 10.3. The Bertz CT molecular complexity index is 633. The lowest BCUT2D eigenvalue weighted by Crippen LogP contribution is -1.96. The second-order valence-corrected chi connectivity index (χ2v) is 8.52. The fourth-order valence-electron chi connectivity index (χ4n) is 2.18. The third kappa shape index (κ3) is 2.91. The Morgan fingerprint density at radius 3 is 2.85 bits per heavy atom. The van der Waals surface area contributed by atoms with Gasteiger partial charge in [0.2, 0.25) is 0 Å². The van der Waals surface area contributed by atoms with Crippen molar-refractivity contribution >= 4 is 62.2 Å². The molecule has 1 atom stereocenters. The first-order chi connectivity index (χ1) is 9.56. The molecule has 1 aromatic carbocycles. The average molecular weight is 412 g/mol. The number of halogens is 4. The molecule has 0 aliphatic carbocycles. The van der Waals surface area contributed by atoms with E-state index in [1.807, 2.05) is 11.8 Å². The first kappa shape index (κ1) is 15.2. The van der Waals surface area contributed by atoms with Gasteiger partial charge in [-0.2, -0.15) is 11.8 Å². The van der Waals surface area contributed by atoms with Crippen LogP contribution in [0, 0.1) is 5.82 Å². The van der Waals surface area contributed by atoms with E-state index in [0.717, 1.165) is 22.8 Å². The van der Waals surface area contributed by atoms with Gasteiger partial charge in [-0.15, -0.1) is 22.9 Å². The second-order valence-electron chi connectivity index (χ2n) is 4.55. The number of fused-ring (bicyclic) bond motifs is 1. The Balaban J connectivity index is 1.98. The molecule has 0 nitrogen and oxygen atoms in total. The predicted molar refractivity (Wildman–Crippen MR) is 91.0 cm³/mol. The molecule has 0 N–H and O–H groups in total. The van der Waals surface area contributed by atoms with E-state index in [9.17, 15) is 4.39 Å². The van der Waals surface area contributed by atoms with Crippen LogP contribution in [0.1, 0.15) is 26.3 Å². The second kappa shape index (κ2) is 6.17. The quantitative estimate of drug-likeness (QED) is 0.405. The molecular formula is C14H10BrCl2FS2. The van der Waals surface area contributed by atoms with Gasteiger partial charge in [-0.1, -0.05) is 11.6 Å². The Morgan fingerprint density at radius 2 is 2.10 bits per heavy atom. The van der Waals surface area contributed by atoms with Crippen molar-refractivity contribution in [2.24, 2.45) is 0 Å². The molecule has 2 heterocycles. The zero-order chi connectivity index (χ0) is 14.3. The highest BCUT2D eigenvalue weighted by atomic mass is 79.9. The molecule has 0 spiro atoms. The highest BCUT2D eigenvalue weighted by Crippen LogP contribution is 2.41. The molecule has 6 heteroatoms. The highest BCUT2D eigenvalue weighted by Gasteiger charge is 2.22. The van der Waals surface area contributed by atoms with Gasteiger partial charge in [0.15, 0.2) is 0 Å². The topological polar surface area (TPSA) is 0 Å². The van der Waals surface area contributed by atoms with Gasteiger partial charge in [0, 0.05) is 25.5 Å². The summed E-state index contributed by atoms with van der Waals surface area (Å²) in [7, 11) is 0. The molecule has 3 rings (SSSR count). The summed E-state index contributed by atoms with van der Waals surface area (Å²) in [6.45, 7) is 0. The molecule has 2 aromatic rings. The van der Waals surface area contributed by atoms with E-state index in [0.29, 0.717) is 15.1 Å². The number of alkyl halides is 1. The van der Waals surface area contributed by atoms with Gasteiger partial charge in [-0.3, -0.25) is 0 Å². The van der Waals surface area contributed by atoms with E-state index < -0.39 is 5.38 Å². The van der Waals surface area contributed by atoms with Crippen LogP contribution in [0.3, 0.4) is 0 Å². The van der Waals surface area contributed by atoms with Crippen molar-refractivity contribution in [3.8, 4) is 0 Å².